The number of pyridine rings is 1. The third kappa shape index (κ3) is 2.02. The summed E-state index contributed by atoms with van der Waals surface area (Å²) in [6.07, 6.45) is 3.58. The molecule has 2 rings (SSSR count). The molecule has 0 aliphatic heterocycles. The van der Waals surface area contributed by atoms with Crippen molar-refractivity contribution >= 4 is 46.4 Å². The molecule has 0 saturated carbocycles. The molecule has 5 heteroatoms. The first-order valence-corrected chi connectivity index (χ1v) is 3.48. The Labute approximate surface area is 80.5 Å². The van der Waals surface area contributed by atoms with E-state index in [-0.39, 0.29) is 24.8 Å². The fourth-order valence-corrected chi connectivity index (χ4v) is 1.35. The molecule has 0 radical (unpaired) electrons. The largest absolute Gasteiger partial charge is 0.263 e. The van der Waals surface area contributed by atoms with Gasteiger partial charge in [0.2, 0.25) is 0 Å². The van der Waals surface area contributed by atoms with Crippen LogP contribution in [0.2, 0.25) is 0 Å². The van der Waals surface area contributed by atoms with Crippen LogP contribution in [0.1, 0.15) is 0 Å². The molecule has 0 aromatic carbocycles. The zero-order valence-corrected chi connectivity index (χ0v) is 7.88. The fourth-order valence-electron chi connectivity index (χ4n) is 0.710. The summed E-state index contributed by atoms with van der Waals surface area (Å²) in [6.45, 7) is 0. The Bertz CT molecular complexity index is 293. The van der Waals surface area contributed by atoms with E-state index in [1.807, 2.05) is 17.8 Å². The van der Waals surface area contributed by atoms with Crippen LogP contribution in [-0.2, 0) is 0 Å². The number of hydrogen-bond acceptors (Lipinski definition) is 3. The number of aromatic nitrogens is 2. The zero-order valence-electron chi connectivity index (χ0n) is 5.43. The van der Waals surface area contributed by atoms with Gasteiger partial charge in [0.25, 0.3) is 0 Å². The lowest BCUT2D eigenvalue weighted by Gasteiger charge is -1.80. The van der Waals surface area contributed by atoms with Crippen LogP contribution >= 0.6 is 36.2 Å². The molecule has 0 atom stereocenters. The van der Waals surface area contributed by atoms with Gasteiger partial charge in [0.1, 0.15) is 0 Å². The predicted molar refractivity (Wildman–Crippen MR) is 51.9 cm³/mol. The molecule has 0 spiro atoms. The lowest BCUT2D eigenvalue weighted by Crippen LogP contribution is -1.67. The van der Waals surface area contributed by atoms with Crippen molar-refractivity contribution in [3.63, 3.8) is 0 Å². The van der Waals surface area contributed by atoms with E-state index < -0.39 is 0 Å². The Hall–Kier alpha value is -0.380. The number of hydrogen-bond donors (Lipinski definition) is 0. The Balaban J connectivity index is 0.000000500. The van der Waals surface area contributed by atoms with E-state index in [9.17, 15) is 0 Å². The third-order valence-electron chi connectivity index (χ3n) is 1.13. The van der Waals surface area contributed by atoms with Crippen molar-refractivity contribution < 1.29 is 0 Å². The van der Waals surface area contributed by atoms with E-state index in [0.29, 0.717) is 0 Å². The number of fused-ring (bicyclic) bond motifs is 1. The second-order valence-electron chi connectivity index (χ2n) is 1.70. The molecule has 2 aromatic rings. The molecular formula is C6H6Cl2N2S. The van der Waals surface area contributed by atoms with Crippen molar-refractivity contribution in [2.24, 2.45) is 0 Å². The Morgan fingerprint density at radius 1 is 1.27 bits per heavy atom. The van der Waals surface area contributed by atoms with Crippen LogP contribution in [0.5, 0.6) is 0 Å². The number of halogens is 2. The molecule has 2 nitrogen and oxygen atoms in total. The van der Waals surface area contributed by atoms with Crippen LogP contribution in [0.4, 0.5) is 0 Å². The van der Waals surface area contributed by atoms with Gasteiger partial charge < -0.3 is 0 Å². The minimum absolute atomic E-state index is 0. The van der Waals surface area contributed by atoms with Gasteiger partial charge in [-0.1, -0.05) is 0 Å². The maximum absolute atomic E-state index is 4.10. The van der Waals surface area contributed by atoms with Crippen LogP contribution in [0.15, 0.2) is 24.0 Å². The summed E-state index contributed by atoms with van der Waals surface area (Å²) >= 11 is 1.61. The first-order chi connectivity index (χ1) is 4.47. The van der Waals surface area contributed by atoms with Crippen molar-refractivity contribution in [3.05, 3.63) is 24.0 Å². The molecule has 2 heterocycles. The van der Waals surface area contributed by atoms with Gasteiger partial charge in [-0.3, -0.25) is 4.98 Å². The molecule has 0 aliphatic rings. The van der Waals surface area contributed by atoms with Crippen LogP contribution < -0.4 is 0 Å². The van der Waals surface area contributed by atoms with E-state index in [1.165, 1.54) is 0 Å². The Kier molecular flexibility index (Phi) is 4.33. The summed E-state index contributed by atoms with van der Waals surface area (Å²) in [7, 11) is 0. The summed E-state index contributed by atoms with van der Waals surface area (Å²) in [5.41, 5.74) is 2.86. The minimum atomic E-state index is 0. The second kappa shape index (κ2) is 4.49. The molecule has 0 bridgehead atoms. The van der Waals surface area contributed by atoms with Gasteiger partial charge in [-0.25, -0.2) is 4.98 Å². The molecule has 11 heavy (non-hydrogen) atoms. The van der Waals surface area contributed by atoms with Crippen LogP contribution in [-0.4, -0.2) is 9.97 Å². The van der Waals surface area contributed by atoms with Crippen molar-refractivity contribution in [3.8, 4) is 0 Å². The lowest BCUT2D eigenvalue weighted by molar-refractivity contribution is 1.36. The van der Waals surface area contributed by atoms with Crippen LogP contribution in [0.25, 0.3) is 10.2 Å². The van der Waals surface area contributed by atoms with Crippen LogP contribution in [0.3, 0.4) is 0 Å². The number of thiazole rings is 1. The molecule has 0 unspecified atom stereocenters. The van der Waals surface area contributed by atoms with E-state index in [4.69, 9.17) is 0 Å². The highest BCUT2D eigenvalue weighted by Gasteiger charge is 1.90. The topological polar surface area (TPSA) is 25.8 Å². The van der Waals surface area contributed by atoms with Gasteiger partial charge in [-0.2, -0.15) is 0 Å². The molecule has 2 aromatic heterocycles. The summed E-state index contributed by atoms with van der Waals surface area (Å²) in [5.74, 6) is 0. The second-order valence-corrected chi connectivity index (χ2v) is 2.58. The molecule has 0 aliphatic carbocycles. The van der Waals surface area contributed by atoms with Gasteiger partial charge in [0.05, 0.1) is 15.7 Å². The maximum atomic E-state index is 4.10. The summed E-state index contributed by atoms with van der Waals surface area (Å²) in [6, 6.07) is 1.91. The highest BCUT2D eigenvalue weighted by molar-refractivity contribution is 7.16. The first-order valence-electron chi connectivity index (χ1n) is 2.60. The van der Waals surface area contributed by atoms with E-state index in [1.54, 1.807) is 17.5 Å². The molecule has 0 saturated heterocycles. The lowest BCUT2D eigenvalue weighted by atomic mass is 10.5. The molecular weight excluding hydrogens is 203 g/mol. The molecule has 0 N–H and O–H groups in total. The number of rotatable bonds is 0. The summed E-state index contributed by atoms with van der Waals surface area (Å²) in [5, 5.41) is 0. The average molecular weight is 209 g/mol. The minimum Gasteiger partial charge on any atom is -0.263 e. The zero-order chi connectivity index (χ0) is 6.10. The van der Waals surface area contributed by atoms with Gasteiger partial charge >= 0.3 is 0 Å². The van der Waals surface area contributed by atoms with Crippen molar-refractivity contribution in [2.45, 2.75) is 0 Å². The standard InChI is InChI=1S/C6H4N2S.2ClH/c1-2-7-3-6-5(1)8-4-9-6;;/h1-4H;2*1H. The van der Waals surface area contributed by atoms with Gasteiger partial charge in [-0.05, 0) is 6.07 Å². The van der Waals surface area contributed by atoms with Crippen molar-refractivity contribution in [1.82, 2.24) is 9.97 Å². The summed E-state index contributed by atoms with van der Waals surface area (Å²) in [4.78, 5) is 8.05. The molecule has 60 valence electrons. The van der Waals surface area contributed by atoms with E-state index >= 15 is 0 Å². The van der Waals surface area contributed by atoms with Gasteiger partial charge in [0.15, 0.2) is 0 Å². The van der Waals surface area contributed by atoms with Crippen molar-refractivity contribution in [2.75, 3.05) is 0 Å². The monoisotopic (exact) mass is 208 g/mol. The van der Waals surface area contributed by atoms with E-state index in [2.05, 4.69) is 9.97 Å². The fraction of sp³-hybridized carbons (Fsp3) is 0. The van der Waals surface area contributed by atoms with E-state index in [0.717, 1.165) is 10.2 Å². The van der Waals surface area contributed by atoms with Gasteiger partial charge in [0, 0.05) is 12.4 Å². The number of nitrogens with zero attached hydrogens (tertiary/aromatic N) is 2. The van der Waals surface area contributed by atoms with Gasteiger partial charge in [-0.15, -0.1) is 36.2 Å². The average Bonchev–Trinajstić information content (AvgIpc) is 2.33. The highest BCUT2D eigenvalue weighted by Crippen LogP contribution is 2.13. The highest BCUT2D eigenvalue weighted by atomic mass is 35.5. The SMILES string of the molecule is Cl.Cl.c1cc2ncsc2cn1. The predicted octanol–water partition coefficient (Wildman–Crippen LogP) is 2.53. The van der Waals surface area contributed by atoms with Crippen LogP contribution in [0, 0.1) is 0 Å². The first kappa shape index (κ1) is 10.6. The molecule has 0 fully saturated rings. The normalized spacial score (nSPS) is 8.36. The maximum Gasteiger partial charge on any atom is 0.0843 e. The Morgan fingerprint density at radius 2 is 2.09 bits per heavy atom. The third-order valence-corrected chi connectivity index (χ3v) is 1.91. The Morgan fingerprint density at radius 3 is 2.82 bits per heavy atom. The smallest absolute Gasteiger partial charge is 0.0843 e. The summed E-state index contributed by atoms with van der Waals surface area (Å²) < 4.78 is 1.15. The van der Waals surface area contributed by atoms with Crippen molar-refractivity contribution in [1.29, 1.82) is 0 Å². The quantitative estimate of drug-likeness (QED) is 0.666. The molecule has 0 amide bonds.